The van der Waals surface area contributed by atoms with Gasteiger partial charge in [0.05, 0.1) is 29.3 Å². The number of aromatic amines is 1. The minimum Gasteiger partial charge on any atom is -0.465 e. The maximum absolute atomic E-state index is 12.7. The fourth-order valence-corrected chi connectivity index (χ4v) is 2.62. The lowest BCUT2D eigenvalue weighted by Gasteiger charge is -2.11. The summed E-state index contributed by atoms with van der Waals surface area (Å²) in [5, 5.41) is 0.496. The van der Waals surface area contributed by atoms with Crippen molar-refractivity contribution in [3.63, 3.8) is 0 Å². The van der Waals surface area contributed by atoms with Gasteiger partial charge in [0, 0.05) is 0 Å². The SMILES string of the molecule is COC(=O)c1ccccc1-n1c(=S)[nH]c2ccccc2c1=O. The molecule has 0 spiro atoms. The first kappa shape index (κ1) is 14.2. The maximum atomic E-state index is 12.7. The van der Waals surface area contributed by atoms with Crippen molar-refractivity contribution in [2.45, 2.75) is 0 Å². The monoisotopic (exact) mass is 312 g/mol. The third kappa shape index (κ3) is 2.23. The van der Waals surface area contributed by atoms with Crippen molar-refractivity contribution in [2.75, 3.05) is 7.11 Å². The van der Waals surface area contributed by atoms with Crippen LogP contribution >= 0.6 is 12.2 Å². The fraction of sp³-hybridized carbons (Fsp3) is 0.0625. The number of rotatable bonds is 2. The number of nitrogens with one attached hydrogen (secondary N) is 1. The van der Waals surface area contributed by atoms with Crippen LogP contribution in [0.4, 0.5) is 0 Å². The first-order valence-corrected chi connectivity index (χ1v) is 6.96. The number of benzene rings is 2. The Hall–Kier alpha value is -2.73. The molecule has 0 aliphatic carbocycles. The second kappa shape index (κ2) is 5.57. The Labute approximate surface area is 130 Å². The molecule has 0 aliphatic rings. The zero-order chi connectivity index (χ0) is 15.7. The van der Waals surface area contributed by atoms with E-state index in [4.69, 9.17) is 17.0 Å². The smallest absolute Gasteiger partial charge is 0.339 e. The summed E-state index contributed by atoms with van der Waals surface area (Å²) in [5.74, 6) is -0.523. The van der Waals surface area contributed by atoms with E-state index in [1.54, 1.807) is 42.5 Å². The molecule has 0 fully saturated rings. The minimum atomic E-state index is -0.523. The number of carbonyl (C=O) groups is 1. The average Bonchev–Trinajstić information content (AvgIpc) is 2.54. The predicted octanol–water partition coefficient (Wildman–Crippen LogP) is 2.83. The van der Waals surface area contributed by atoms with E-state index in [0.717, 1.165) is 0 Å². The van der Waals surface area contributed by atoms with Crippen molar-refractivity contribution >= 4 is 29.1 Å². The molecule has 22 heavy (non-hydrogen) atoms. The van der Waals surface area contributed by atoms with Gasteiger partial charge in [-0.2, -0.15) is 0 Å². The summed E-state index contributed by atoms with van der Waals surface area (Å²) in [4.78, 5) is 27.7. The zero-order valence-corrected chi connectivity index (χ0v) is 12.5. The van der Waals surface area contributed by atoms with Crippen molar-refractivity contribution < 1.29 is 9.53 Å². The van der Waals surface area contributed by atoms with Gasteiger partial charge in [0.1, 0.15) is 0 Å². The van der Waals surface area contributed by atoms with Gasteiger partial charge in [-0.3, -0.25) is 9.36 Å². The number of fused-ring (bicyclic) bond motifs is 1. The first-order valence-electron chi connectivity index (χ1n) is 6.55. The predicted molar refractivity (Wildman–Crippen MR) is 86.1 cm³/mol. The molecular weight excluding hydrogens is 300 g/mol. The van der Waals surface area contributed by atoms with E-state index in [2.05, 4.69) is 4.98 Å². The van der Waals surface area contributed by atoms with Gasteiger partial charge in [-0.05, 0) is 36.5 Å². The highest BCUT2D eigenvalue weighted by Crippen LogP contribution is 2.16. The number of hydrogen-bond donors (Lipinski definition) is 1. The van der Waals surface area contributed by atoms with Crippen LogP contribution < -0.4 is 5.56 Å². The summed E-state index contributed by atoms with van der Waals surface area (Å²) >= 11 is 5.29. The van der Waals surface area contributed by atoms with E-state index < -0.39 is 5.97 Å². The number of methoxy groups -OCH3 is 1. The van der Waals surface area contributed by atoms with Crippen LogP contribution in [-0.4, -0.2) is 22.6 Å². The Balaban J connectivity index is 2.40. The molecule has 0 atom stereocenters. The second-order valence-corrected chi connectivity index (χ2v) is 5.01. The first-order chi connectivity index (χ1) is 10.6. The molecule has 2 aromatic carbocycles. The number of para-hydroxylation sites is 2. The number of nitrogens with zero attached hydrogens (tertiary/aromatic N) is 1. The van der Waals surface area contributed by atoms with Crippen LogP contribution in [0.1, 0.15) is 10.4 Å². The molecule has 0 bridgehead atoms. The number of hydrogen-bond acceptors (Lipinski definition) is 4. The highest BCUT2D eigenvalue weighted by atomic mass is 32.1. The topological polar surface area (TPSA) is 64.1 Å². The Morgan fingerprint density at radius 1 is 1.14 bits per heavy atom. The largest absolute Gasteiger partial charge is 0.465 e. The number of ether oxygens (including phenoxy) is 1. The molecule has 1 aromatic heterocycles. The van der Waals surface area contributed by atoms with Crippen LogP contribution in [0.15, 0.2) is 53.3 Å². The summed E-state index contributed by atoms with van der Waals surface area (Å²) in [5.41, 5.74) is 1.05. The van der Waals surface area contributed by atoms with Gasteiger partial charge in [-0.25, -0.2) is 4.79 Å². The standard InChI is InChI=1S/C16H12N2O3S/c1-21-15(20)11-7-3-5-9-13(11)18-14(19)10-6-2-4-8-12(10)17-16(18)22/h2-9H,1H3,(H,17,22). The van der Waals surface area contributed by atoms with Crippen molar-refractivity contribution in [2.24, 2.45) is 0 Å². The highest BCUT2D eigenvalue weighted by Gasteiger charge is 2.15. The lowest BCUT2D eigenvalue weighted by molar-refractivity contribution is 0.0600. The molecule has 110 valence electrons. The van der Waals surface area contributed by atoms with Crippen molar-refractivity contribution in [1.29, 1.82) is 0 Å². The van der Waals surface area contributed by atoms with Gasteiger partial charge < -0.3 is 9.72 Å². The molecule has 0 aliphatic heterocycles. The minimum absolute atomic E-state index is 0.222. The zero-order valence-electron chi connectivity index (χ0n) is 11.7. The summed E-state index contributed by atoms with van der Waals surface area (Å²) in [6.07, 6.45) is 0. The quantitative estimate of drug-likeness (QED) is 0.584. The van der Waals surface area contributed by atoms with Gasteiger partial charge in [-0.15, -0.1) is 0 Å². The van der Waals surface area contributed by atoms with Crippen LogP contribution in [0.25, 0.3) is 16.6 Å². The van der Waals surface area contributed by atoms with Crippen LogP contribution in [0.2, 0.25) is 0 Å². The van der Waals surface area contributed by atoms with Gasteiger partial charge in [0.15, 0.2) is 4.77 Å². The molecule has 0 amide bonds. The molecule has 1 N–H and O–H groups in total. The van der Waals surface area contributed by atoms with E-state index in [-0.39, 0.29) is 15.9 Å². The molecule has 1 heterocycles. The second-order valence-electron chi connectivity index (χ2n) is 4.63. The number of aromatic nitrogens is 2. The van der Waals surface area contributed by atoms with Crippen LogP contribution in [0.5, 0.6) is 0 Å². The van der Waals surface area contributed by atoms with Crippen LogP contribution in [0.3, 0.4) is 0 Å². The highest BCUT2D eigenvalue weighted by molar-refractivity contribution is 7.71. The molecule has 5 nitrogen and oxygen atoms in total. The molecule has 0 saturated carbocycles. The van der Waals surface area contributed by atoms with Gasteiger partial charge >= 0.3 is 5.97 Å². The summed E-state index contributed by atoms with van der Waals surface area (Å²) in [6.45, 7) is 0. The molecule has 6 heteroatoms. The summed E-state index contributed by atoms with van der Waals surface area (Å²) in [7, 11) is 1.29. The third-order valence-electron chi connectivity index (χ3n) is 3.36. The van der Waals surface area contributed by atoms with E-state index >= 15 is 0 Å². The molecule has 3 aromatic rings. The number of esters is 1. The fourth-order valence-electron chi connectivity index (χ4n) is 2.33. The molecule has 0 radical (unpaired) electrons. The molecule has 3 rings (SSSR count). The van der Waals surface area contributed by atoms with E-state index in [9.17, 15) is 9.59 Å². The Bertz CT molecular complexity index is 988. The van der Waals surface area contributed by atoms with Gasteiger partial charge in [-0.1, -0.05) is 24.3 Å². The number of carbonyl (C=O) groups excluding carboxylic acids is 1. The number of H-pyrrole nitrogens is 1. The summed E-state index contributed by atoms with van der Waals surface area (Å²) < 4.78 is 6.30. The third-order valence-corrected chi connectivity index (χ3v) is 3.64. The maximum Gasteiger partial charge on any atom is 0.339 e. The van der Waals surface area contributed by atoms with E-state index in [1.807, 2.05) is 6.07 Å². The molecule has 0 saturated heterocycles. The van der Waals surface area contributed by atoms with Crippen LogP contribution in [0, 0.1) is 4.77 Å². The Morgan fingerprint density at radius 3 is 2.59 bits per heavy atom. The lowest BCUT2D eigenvalue weighted by atomic mass is 10.1. The van der Waals surface area contributed by atoms with E-state index in [0.29, 0.717) is 16.6 Å². The summed E-state index contributed by atoms with van der Waals surface area (Å²) in [6, 6.07) is 13.8. The Morgan fingerprint density at radius 2 is 1.82 bits per heavy atom. The Kier molecular flexibility index (Phi) is 3.60. The van der Waals surface area contributed by atoms with Crippen molar-refractivity contribution in [1.82, 2.24) is 9.55 Å². The average molecular weight is 312 g/mol. The molecule has 0 unspecified atom stereocenters. The van der Waals surface area contributed by atoms with Gasteiger partial charge in [0.25, 0.3) is 5.56 Å². The normalized spacial score (nSPS) is 10.6. The molecular formula is C16H12N2O3S. The van der Waals surface area contributed by atoms with Crippen molar-refractivity contribution in [3.8, 4) is 5.69 Å². The lowest BCUT2D eigenvalue weighted by Crippen LogP contribution is -2.22. The van der Waals surface area contributed by atoms with Gasteiger partial charge in [0.2, 0.25) is 0 Å². The van der Waals surface area contributed by atoms with E-state index in [1.165, 1.54) is 11.7 Å². The van der Waals surface area contributed by atoms with Crippen molar-refractivity contribution in [3.05, 3.63) is 69.2 Å². The van der Waals surface area contributed by atoms with Crippen LogP contribution in [-0.2, 0) is 4.74 Å².